The van der Waals surface area contributed by atoms with Gasteiger partial charge in [0, 0.05) is 20.1 Å². The van der Waals surface area contributed by atoms with Gasteiger partial charge in [-0.05, 0) is 6.92 Å². The first-order valence-electron chi connectivity index (χ1n) is 4.65. The number of anilines is 1. The van der Waals surface area contributed by atoms with Crippen molar-refractivity contribution >= 4 is 11.7 Å². The largest absolute Gasteiger partial charge is 0.461 e. The Kier molecular flexibility index (Phi) is 3.68. The van der Waals surface area contributed by atoms with Crippen molar-refractivity contribution in [3.8, 4) is 0 Å². The number of esters is 1. The van der Waals surface area contributed by atoms with E-state index in [-0.39, 0.29) is 18.9 Å². The summed E-state index contributed by atoms with van der Waals surface area (Å²) in [6, 6.07) is 0. The molecule has 3 N–H and O–H groups in total. The van der Waals surface area contributed by atoms with Crippen LogP contribution in [0, 0.1) is 6.92 Å². The van der Waals surface area contributed by atoms with Gasteiger partial charge in [-0.1, -0.05) is 0 Å². The van der Waals surface area contributed by atoms with Gasteiger partial charge in [-0.2, -0.15) is 5.10 Å². The summed E-state index contributed by atoms with van der Waals surface area (Å²) in [6.07, 6.45) is 0.419. The smallest absolute Gasteiger partial charge is 0.358 e. The fraction of sp³-hybridized carbons (Fsp3) is 0.556. The number of aromatic nitrogens is 2. The van der Waals surface area contributed by atoms with Crippen LogP contribution in [0.5, 0.6) is 0 Å². The highest BCUT2D eigenvalue weighted by molar-refractivity contribution is 5.93. The summed E-state index contributed by atoms with van der Waals surface area (Å²) in [4.78, 5) is 11.5. The Labute approximate surface area is 87.6 Å². The van der Waals surface area contributed by atoms with Crippen molar-refractivity contribution < 1.29 is 14.6 Å². The summed E-state index contributed by atoms with van der Waals surface area (Å²) in [5.41, 5.74) is 6.87. The number of aryl methyl sites for hydroxylation is 2. The number of aliphatic hydroxyl groups is 1. The van der Waals surface area contributed by atoms with Gasteiger partial charge in [-0.3, -0.25) is 4.68 Å². The number of nitrogens with zero attached hydrogens (tertiary/aromatic N) is 2. The van der Waals surface area contributed by atoms with Gasteiger partial charge in [-0.25, -0.2) is 4.79 Å². The number of hydrogen-bond donors (Lipinski definition) is 2. The predicted octanol–water partition coefficient (Wildman–Crippen LogP) is -0.150. The summed E-state index contributed by atoms with van der Waals surface area (Å²) in [7, 11) is 1.63. The van der Waals surface area contributed by atoms with E-state index in [0.717, 1.165) is 0 Å². The lowest BCUT2D eigenvalue weighted by atomic mass is 10.3. The van der Waals surface area contributed by atoms with E-state index < -0.39 is 5.97 Å². The van der Waals surface area contributed by atoms with Crippen LogP contribution in [0.15, 0.2) is 0 Å². The monoisotopic (exact) mass is 213 g/mol. The van der Waals surface area contributed by atoms with Gasteiger partial charge in [0.2, 0.25) is 0 Å². The van der Waals surface area contributed by atoms with Crippen molar-refractivity contribution in [3.63, 3.8) is 0 Å². The van der Waals surface area contributed by atoms with Gasteiger partial charge in [-0.15, -0.1) is 0 Å². The molecule has 1 aromatic heterocycles. The molecule has 6 heteroatoms. The Morgan fingerprint density at radius 3 is 2.80 bits per heavy atom. The summed E-state index contributed by atoms with van der Waals surface area (Å²) in [6.45, 7) is 1.89. The summed E-state index contributed by atoms with van der Waals surface area (Å²) >= 11 is 0. The molecule has 0 spiro atoms. The van der Waals surface area contributed by atoms with Crippen LogP contribution in [0.25, 0.3) is 0 Å². The highest BCUT2D eigenvalue weighted by atomic mass is 16.5. The fourth-order valence-electron chi connectivity index (χ4n) is 1.21. The molecule has 1 aromatic rings. The zero-order valence-electron chi connectivity index (χ0n) is 8.86. The van der Waals surface area contributed by atoms with E-state index in [1.54, 1.807) is 14.0 Å². The van der Waals surface area contributed by atoms with Crippen molar-refractivity contribution in [1.29, 1.82) is 0 Å². The Morgan fingerprint density at radius 1 is 1.67 bits per heavy atom. The van der Waals surface area contributed by atoms with E-state index in [0.29, 0.717) is 17.8 Å². The molecule has 0 amide bonds. The summed E-state index contributed by atoms with van der Waals surface area (Å²) in [5, 5.41) is 12.5. The van der Waals surface area contributed by atoms with Crippen LogP contribution in [0.4, 0.5) is 5.69 Å². The molecule has 0 saturated heterocycles. The van der Waals surface area contributed by atoms with Crippen molar-refractivity contribution in [2.24, 2.45) is 7.05 Å². The second-order valence-electron chi connectivity index (χ2n) is 3.18. The topological polar surface area (TPSA) is 90.4 Å². The van der Waals surface area contributed by atoms with Gasteiger partial charge in [0.15, 0.2) is 5.69 Å². The number of carbonyl (C=O) groups excluding carboxylic acids is 1. The van der Waals surface area contributed by atoms with Gasteiger partial charge in [0.25, 0.3) is 0 Å². The molecule has 0 aromatic carbocycles. The average Bonchev–Trinajstić information content (AvgIpc) is 2.41. The number of carbonyl (C=O) groups is 1. The zero-order chi connectivity index (χ0) is 11.4. The lowest BCUT2D eigenvalue weighted by molar-refractivity contribution is 0.0471. The number of nitrogen functional groups attached to an aromatic ring is 1. The third-order valence-corrected chi connectivity index (χ3v) is 2.00. The second kappa shape index (κ2) is 4.79. The molecule has 84 valence electrons. The maximum Gasteiger partial charge on any atom is 0.358 e. The third-order valence-electron chi connectivity index (χ3n) is 2.00. The van der Waals surface area contributed by atoms with Crippen molar-refractivity contribution in [2.45, 2.75) is 13.3 Å². The summed E-state index contributed by atoms with van der Waals surface area (Å²) < 4.78 is 6.30. The molecule has 0 bridgehead atoms. The first-order valence-corrected chi connectivity index (χ1v) is 4.65. The zero-order valence-corrected chi connectivity index (χ0v) is 8.86. The Bertz CT molecular complexity index is 360. The van der Waals surface area contributed by atoms with Crippen LogP contribution in [0.3, 0.4) is 0 Å². The van der Waals surface area contributed by atoms with Crippen LogP contribution in [0.1, 0.15) is 22.6 Å². The molecular formula is C9H15N3O3. The minimum absolute atomic E-state index is 0.00677. The molecule has 0 fully saturated rings. The normalized spacial score (nSPS) is 10.3. The number of aliphatic hydroxyl groups excluding tert-OH is 1. The van der Waals surface area contributed by atoms with Gasteiger partial charge >= 0.3 is 5.97 Å². The van der Waals surface area contributed by atoms with Gasteiger partial charge < -0.3 is 15.6 Å². The number of ether oxygens (including phenoxy) is 1. The molecule has 6 nitrogen and oxygen atoms in total. The second-order valence-corrected chi connectivity index (χ2v) is 3.18. The summed E-state index contributed by atoms with van der Waals surface area (Å²) in [5.74, 6) is -0.510. The minimum atomic E-state index is -0.510. The number of rotatable bonds is 4. The minimum Gasteiger partial charge on any atom is -0.461 e. The molecular weight excluding hydrogens is 198 g/mol. The maximum absolute atomic E-state index is 11.5. The van der Waals surface area contributed by atoms with Crippen LogP contribution >= 0.6 is 0 Å². The van der Waals surface area contributed by atoms with E-state index in [1.807, 2.05) is 0 Å². The molecule has 0 aliphatic rings. The van der Waals surface area contributed by atoms with Crippen LogP contribution in [0.2, 0.25) is 0 Å². The van der Waals surface area contributed by atoms with E-state index in [9.17, 15) is 4.79 Å². The molecule has 0 atom stereocenters. The van der Waals surface area contributed by atoms with Crippen LogP contribution < -0.4 is 5.73 Å². The van der Waals surface area contributed by atoms with E-state index in [4.69, 9.17) is 15.6 Å². The van der Waals surface area contributed by atoms with Crippen LogP contribution in [-0.2, 0) is 11.8 Å². The van der Waals surface area contributed by atoms with Crippen molar-refractivity contribution in [3.05, 3.63) is 11.4 Å². The fourth-order valence-corrected chi connectivity index (χ4v) is 1.21. The van der Waals surface area contributed by atoms with Gasteiger partial charge in [0.1, 0.15) is 0 Å². The Balaban J connectivity index is 2.73. The molecule has 0 aliphatic carbocycles. The molecule has 1 heterocycles. The number of hydrogen-bond acceptors (Lipinski definition) is 5. The molecule has 0 aliphatic heterocycles. The molecule has 0 unspecified atom stereocenters. The predicted molar refractivity (Wildman–Crippen MR) is 54.3 cm³/mol. The quantitative estimate of drug-likeness (QED) is 0.536. The highest BCUT2D eigenvalue weighted by Crippen LogP contribution is 2.16. The standard InChI is InChI=1S/C9H15N3O3/c1-6-7(10)8(12(2)11-6)9(14)15-5-3-4-13/h13H,3-5,10H2,1-2H3. The first-order chi connectivity index (χ1) is 7.07. The first kappa shape index (κ1) is 11.5. The third kappa shape index (κ3) is 2.47. The number of nitrogens with two attached hydrogens (primary N) is 1. The maximum atomic E-state index is 11.5. The average molecular weight is 213 g/mol. The Morgan fingerprint density at radius 2 is 2.33 bits per heavy atom. The van der Waals surface area contributed by atoms with Gasteiger partial charge in [0.05, 0.1) is 18.0 Å². The lowest BCUT2D eigenvalue weighted by Gasteiger charge is -2.04. The molecule has 15 heavy (non-hydrogen) atoms. The lowest BCUT2D eigenvalue weighted by Crippen LogP contribution is -2.13. The molecule has 0 saturated carbocycles. The van der Waals surface area contributed by atoms with E-state index in [1.165, 1.54) is 4.68 Å². The Hall–Kier alpha value is -1.56. The molecule has 0 radical (unpaired) electrons. The van der Waals surface area contributed by atoms with E-state index >= 15 is 0 Å². The van der Waals surface area contributed by atoms with E-state index in [2.05, 4.69) is 5.10 Å². The SMILES string of the molecule is Cc1nn(C)c(C(=O)OCCCO)c1N. The van der Waals surface area contributed by atoms with Crippen LogP contribution in [-0.4, -0.2) is 34.1 Å². The molecule has 1 rings (SSSR count). The highest BCUT2D eigenvalue weighted by Gasteiger charge is 2.18. The van der Waals surface area contributed by atoms with Crippen molar-refractivity contribution in [1.82, 2.24) is 9.78 Å². The van der Waals surface area contributed by atoms with Crippen molar-refractivity contribution in [2.75, 3.05) is 18.9 Å².